The molecule has 0 heterocycles. The van der Waals surface area contributed by atoms with E-state index in [1.807, 2.05) is 13.8 Å². The molecule has 4 nitrogen and oxygen atoms in total. The van der Waals surface area contributed by atoms with Crippen molar-refractivity contribution in [1.82, 2.24) is 10.2 Å². The lowest BCUT2D eigenvalue weighted by molar-refractivity contribution is -0.147. The number of rotatable bonds is 9. The number of carbonyl (C=O) groups excluding carboxylic acids is 1. The lowest BCUT2D eigenvalue weighted by Crippen LogP contribution is -2.36. The minimum atomic E-state index is -0.102. The van der Waals surface area contributed by atoms with Crippen LogP contribution >= 0.6 is 0 Å². The van der Waals surface area contributed by atoms with Crippen molar-refractivity contribution >= 4 is 5.97 Å². The highest BCUT2D eigenvalue weighted by molar-refractivity contribution is 5.72. The topological polar surface area (TPSA) is 41.6 Å². The monoisotopic (exact) mass is 242 g/mol. The maximum atomic E-state index is 11.4. The molecule has 1 aliphatic carbocycles. The van der Waals surface area contributed by atoms with Gasteiger partial charge in [-0.2, -0.15) is 0 Å². The Labute approximate surface area is 105 Å². The van der Waals surface area contributed by atoms with E-state index in [0.29, 0.717) is 13.2 Å². The molecule has 1 fully saturated rings. The molecule has 0 aromatic rings. The van der Waals surface area contributed by atoms with Gasteiger partial charge in [0.15, 0.2) is 0 Å². The fourth-order valence-corrected chi connectivity index (χ4v) is 1.95. The van der Waals surface area contributed by atoms with Crippen LogP contribution in [0.2, 0.25) is 0 Å². The summed E-state index contributed by atoms with van der Waals surface area (Å²) in [5.74, 6) is -0.152. The third-order valence-electron chi connectivity index (χ3n) is 3.18. The fraction of sp³-hybridized carbons (Fsp3) is 0.923. The van der Waals surface area contributed by atoms with Gasteiger partial charge in [0.25, 0.3) is 0 Å². The van der Waals surface area contributed by atoms with Gasteiger partial charge in [-0.3, -0.25) is 9.69 Å². The second-order valence-corrected chi connectivity index (χ2v) is 4.72. The lowest BCUT2D eigenvalue weighted by atomic mass is 10.2. The van der Waals surface area contributed by atoms with Gasteiger partial charge in [0.1, 0.15) is 0 Å². The number of esters is 1. The van der Waals surface area contributed by atoms with Gasteiger partial charge in [0.05, 0.1) is 12.5 Å². The predicted octanol–water partition coefficient (Wildman–Crippen LogP) is 1.26. The summed E-state index contributed by atoms with van der Waals surface area (Å²) in [7, 11) is 0. The fourth-order valence-electron chi connectivity index (χ4n) is 1.95. The number of likely N-dealkylation sites (N-methyl/N-ethyl adjacent to an activating group) is 1. The van der Waals surface area contributed by atoms with E-state index in [1.165, 1.54) is 12.8 Å². The molecule has 1 unspecified atom stereocenters. The van der Waals surface area contributed by atoms with E-state index in [1.54, 1.807) is 0 Å². The van der Waals surface area contributed by atoms with Crippen molar-refractivity contribution in [1.29, 1.82) is 0 Å². The largest absolute Gasteiger partial charge is 0.466 e. The van der Waals surface area contributed by atoms with Gasteiger partial charge in [-0.25, -0.2) is 0 Å². The number of ether oxygens (including phenoxy) is 1. The molecule has 0 aliphatic heterocycles. The van der Waals surface area contributed by atoms with Crippen molar-refractivity contribution in [3.8, 4) is 0 Å². The Hall–Kier alpha value is -0.610. The van der Waals surface area contributed by atoms with Crippen LogP contribution in [0.25, 0.3) is 0 Å². The van der Waals surface area contributed by atoms with E-state index < -0.39 is 0 Å². The van der Waals surface area contributed by atoms with Crippen LogP contribution in [0.5, 0.6) is 0 Å². The van der Waals surface area contributed by atoms with Gasteiger partial charge in [0, 0.05) is 25.7 Å². The zero-order chi connectivity index (χ0) is 12.7. The molecule has 0 amide bonds. The molecule has 1 atom stereocenters. The van der Waals surface area contributed by atoms with E-state index in [9.17, 15) is 4.79 Å². The summed E-state index contributed by atoms with van der Waals surface area (Å²) in [6.45, 7) is 10.3. The first-order valence-electron chi connectivity index (χ1n) is 6.80. The molecule has 17 heavy (non-hydrogen) atoms. The standard InChI is InChI=1S/C13H26N2O2/c1-4-15(12-6-7-12)9-8-14-10-11(3)13(16)17-5-2/h11-12,14H,4-10H2,1-3H3. The average Bonchev–Trinajstić information content (AvgIpc) is 3.13. The summed E-state index contributed by atoms with van der Waals surface area (Å²) in [6.07, 6.45) is 2.71. The van der Waals surface area contributed by atoms with Crippen LogP contribution in [0.3, 0.4) is 0 Å². The Morgan fingerprint density at radius 1 is 1.47 bits per heavy atom. The molecule has 0 aromatic carbocycles. The van der Waals surface area contributed by atoms with E-state index >= 15 is 0 Å². The highest BCUT2D eigenvalue weighted by Crippen LogP contribution is 2.25. The number of nitrogens with one attached hydrogen (secondary N) is 1. The molecule has 1 N–H and O–H groups in total. The van der Waals surface area contributed by atoms with Crippen LogP contribution in [0.1, 0.15) is 33.6 Å². The number of carbonyl (C=O) groups is 1. The van der Waals surface area contributed by atoms with Crippen molar-refractivity contribution in [3.05, 3.63) is 0 Å². The molecule has 4 heteroatoms. The van der Waals surface area contributed by atoms with Gasteiger partial charge in [-0.1, -0.05) is 13.8 Å². The molecule has 100 valence electrons. The molecule has 0 radical (unpaired) electrons. The predicted molar refractivity (Wildman–Crippen MR) is 68.9 cm³/mol. The Bertz CT molecular complexity index is 229. The molecule has 0 aromatic heterocycles. The Kier molecular flexibility index (Phi) is 6.52. The zero-order valence-corrected chi connectivity index (χ0v) is 11.4. The lowest BCUT2D eigenvalue weighted by Gasteiger charge is -2.20. The maximum absolute atomic E-state index is 11.4. The van der Waals surface area contributed by atoms with E-state index in [-0.39, 0.29) is 11.9 Å². The molecular formula is C13H26N2O2. The second kappa shape index (κ2) is 7.67. The van der Waals surface area contributed by atoms with Gasteiger partial charge in [-0.15, -0.1) is 0 Å². The highest BCUT2D eigenvalue weighted by atomic mass is 16.5. The number of hydrogen-bond donors (Lipinski definition) is 1. The third-order valence-corrected chi connectivity index (χ3v) is 3.18. The smallest absolute Gasteiger partial charge is 0.309 e. The molecule has 1 saturated carbocycles. The van der Waals surface area contributed by atoms with Crippen LogP contribution in [0.4, 0.5) is 0 Å². The minimum Gasteiger partial charge on any atom is -0.466 e. The summed E-state index contributed by atoms with van der Waals surface area (Å²) in [6, 6.07) is 0.823. The van der Waals surface area contributed by atoms with Crippen LogP contribution in [-0.2, 0) is 9.53 Å². The molecular weight excluding hydrogens is 216 g/mol. The molecule has 1 aliphatic rings. The van der Waals surface area contributed by atoms with Crippen LogP contribution in [0.15, 0.2) is 0 Å². The third kappa shape index (κ3) is 5.50. The summed E-state index contributed by atoms with van der Waals surface area (Å²) in [5.41, 5.74) is 0. The molecule has 1 rings (SSSR count). The first-order chi connectivity index (χ1) is 8.19. The first kappa shape index (κ1) is 14.5. The molecule has 0 saturated heterocycles. The maximum Gasteiger partial charge on any atom is 0.309 e. The van der Waals surface area contributed by atoms with Crippen molar-refractivity contribution in [2.24, 2.45) is 5.92 Å². The SMILES string of the molecule is CCOC(=O)C(C)CNCCN(CC)C1CC1. The van der Waals surface area contributed by atoms with Gasteiger partial charge >= 0.3 is 5.97 Å². The summed E-state index contributed by atoms with van der Waals surface area (Å²) in [5, 5.41) is 3.33. The average molecular weight is 242 g/mol. The minimum absolute atomic E-state index is 0.0500. The van der Waals surface area contributed by atoms with E-state index in [2.05, 4.69) is 17.1 Å². The first-order valence-corrected chi connectivity index (χ1v) is 6.80. The van der Waals surface area contributed by atoms with E-state index in [4.69, 9.17) is 4.74 Å². The second-order valence-electron chi connectivity index (χ2n) is 4.72. The van der Waals surface area contributed by atoms with Crippen molar-refractivity contribution in [2.45, 2.75) is 39.7 Å². The van der Waals surface area contributed by atoms with Crippen molar-refractivity contribution < 1.29 is 9.53 Å². The molecule has 0 bridgehead atoms. The van der Waals surface area contributed by atoms with Gasteiger partial charge in [-0.05, 0) is 26.3 Å². The Morgan fingerprint density at radius 3 is 2.71 bits per heavy atom. The highest BCUT2D eigenvalue weighted by Gasteiger charge is 2.27. The van der Waals surface area contributed by atoms with Crippen molar-refractivity contribution in [2.75, 3.05) is 32.8 Å². The number of nitrogens with zero attached hydrogens (tertiary/aromatic N) is 1. The Morgan fingerprint density at radius 2 is 2.18 bits per heavy atom. The number of hydrogen-bond acceptors (Lipinski definition) is 4. The van der Waals surface area contributed by atoms with E-state index in [0.717, 1.165) is 25.7 Å². The van der Waals surface area contributed by atoms with Gasteiger partial charge < -0.3 is 10.1 Å². The normalized spacial score (nSPS) is 17.2. The zero-order valence-electron chi connectivity index (χ0n) is 11.4. The molecule has 0 spiro atoms. The quantitative estimate of drug-likeness (QED) is 0.488. The van der Waals surface area contributed by atoms with Crippen LogP contribution in [0, 0.1) is 5.92 Å². The van der Waals surface area contributed by atoms with Crippen LogP contribution in [-0.4, -0.2) is 49.7 Å². The summed E-state index contributed by atoms with van der Waals surface area (Å²) >= 11 is 0. The Balaban J connectivity index is 2.04. The van der Waals surface area contributed by atoms with Crippen molar-refractivity contribution in [3.63, 3.8) is 0 Å². The summed E-state index contributed by atoms with van der Waals surface area (Å²) < 4.78 is 4.96. The van der Waals surface area contributed by atoms with Crippen LogP contribution < -0.4 is 5.32 Å². The summed E-state index contributed by atoms with van der Waals surface area (Å²) in [4.78, 5) is 13.9. The van der Waals surface area contributed by atoms with Gasteiger partial charge in [0.2, 0.25) is 0 Å².